The molecule has 1 aromatic heterocycles. The van der Waals surface area contributed by atoms with Gasteiger partial charge in [0.2, 0.25) is 5.91 Å². The fourth-order valence-corrected chi connectivity index (χ4v) is 1.58. The maximum absolute atomic E-state index is 11.8. The Balaban J connectivity index is 1.99. The Morgan fingerprint density at radius 1 is 1.15 bits per heavy atom. The molecule has 0 fully saturated rings. The number of benzene rings is 1. The van der Waals surface area contributed by atoms with Crippen LogP contribution in [0.1, 0.15) is 10.6 Å². The van der Waals surface area contributed by atoms with Gasteiger partial charge < -0.3 is 20.4 Å². The van der Waals surface area contributed by atoms with Crippen LogP contribution in [0, 0.1) is 0 Å². The van der Waals surface area contributed by atoms with E-state index in [1.54, 1.807) is 37.4 Å². The van der Waals surface area contributed by atoms with Gasteiger partial charge in [0.1, 0.15) is 0 Å². The van der Waals surface area contributed by atoms with Gasteiger partial charge in [-0.05, 0) is 30.3 Å². The van der Waals surface area contributed by atoms with Crippen LogP contribution in [0.3, 0.4) is 0 Å². The monoisotopic (exact) mass is 273 g/mol. The molecule has 0 aliphatic heterocycles. The number of carbonyl (C=O) groups excluding carboxylic acids is 2. The Kier molecular flexibility index (Phi) is 4.39. The van der Waals surface area contributed by atoms with E-state index >= 15 is 0 Å². The number of hydrogen-bond donors (Lipinski definition) is 3. The first-order chi connectivity index (χ1) is 9.69. The van der Waals surface area contributed by atoms with E-state index in [0.717, 1.165) is 5.69 Å². The highest BCUT2D eigenvalue weighted by Crippen LogP contribution is 2.16. The number of rotatable bonds is 5. The summed E-state index contributed by atoms with van der Waals surface area (Å²) in [6.07, 6.45) is 1.44. The van der Waals surface area contributed by atoms with E-state index in [1.165, 1.54) is 6.26 Å². The molecule has 0 aliphatic rings. The molecule has 1 heterocycles. The Morgan fingerprint density at radius 2 is 1.95 bits per heavy atom. The largest absolute Gasteiger partial charge is 0.459 e. The summed E-state index contributed by atoms with van der Waals surface area (Å²) in [5, 5.41) is 8.19. The molecule has 1 aromatic carbocycles. The molecule has 2 amide bonds. The minimum atomic E-state index is -0.321. The second-order valence-electron chi connectivity index (χ2n) is 4.04. The fraction of sp³-hybridized carbons (Fsp3) is 0.143. The summed E-state index contributed by atoms with van der Waals surface area (Å²) in [5.74, 6) is -0.192. The van der Waals surface area contributed by atoms with Gasteiger partial charge in [-0.15, -0.1) is 0 Å². The molecule has 104 valence electrons. The molecule has 3 N–H and O–H groups in total. The van der Waals surface area contributed by atoms with Gasteiger partial charge in [0.25, 0.3) is 5.91 Å². The molecular formula is C14H15N3O3. The lowest BCUT2D eigenvalue weighted by atomic mass is 10.2. The second kappa shape index (κ2) is 6.42. The average Bonchev–Trinajstić information content (AvgIpc) is 2.99. The van der Waals surface area contributed by atoms with Gasteiger partial charge in [-0.3, -0.25) is 9.59 Å². The second-order valence-corrected chi connectivity index (χ2v) is 4.04. The first-order valence-corrected chi connectivity index (χ1v) is 6.08. The zero-order chi connectivity index (χ0) is 14.4. The van der Waals surface area contributed by atoms with Crippen LogP contribution in [-0.4, -0.2) is 25.4 Å². The zero-order valence-corrected chi connectivity index (χ0v) is 11.0. The number of likely N-dealkylation sites (N-methyl/N-ethyl adjacent to an activating group) is 1. The summed E-state index contributed by atoms with van der Waals surface area (Å²) in [5.41, 5.74) is 1.36. The summed E-state index contributed by atoms with van der Waals surface area (Å²) >= 11 is 0. The van der Waals surface area contributed by atoms with Crippen molar-refractivity contribution in [2.45, 2.75) is 0 Å². The quantitative estimate of drug-likeness (QED) is 0.774. The molecule has 6 nitrogen and oxygen atoms in total. The van der Waals surface area contributed by atoms with Crippen LogP contribution in [0.25, 0.3) is 0 Å². The van der Waals surface area contributed by atoms with E-state index in [9.17, 15) is 9.59 Å². The Bertz CT molecular complexity index is 593. The Morgan fingerprint density at radius 3 is 2.65 bits per heavy atom. The lowest BCUT2D eigenvalue weighted by Gasteiger charge is -2.08. The Labute approximate surface area is 116 Å². The van der Waals surface area contributed by atoms with Crippen molar-refractivity contribution < 1.29 is 14.0 Å². The summed E-state index contributed by atoms with van der Waals surface area (Å²) < 4.78 is 5.01. The molecule has 0 aliphatic carbocycles. The predicted octanol–water partition coefficient (Wildman–Crippen LogP) is 1.69. The average molecular weight is 273 g/mol. The molecule has 0 unspecified atom stereocenters. The van der Waals surface area contributed by atoms with Crippen LogP contribution in [0.2, 0.25) is 0 Å². The molecule has 0 atom stereocenters. The van der Waals surface area contributed by atoms with Gasteiger partial charge in [-0.25, -0.2) is 0 Å². The summed E-state index contributed by atoms with van der Waals surface area (Å²) in [4.78, 5) is 23.0. The van der Waals surface area contributed by atoms with E-state index in [0.29, 0.717) is 5.69 Å². The summed E-state index contributed by atoms with van der Waals surface area (Å²) in [7, 11) is 1.57. The van der Waals surface area contributed by atoms with Crippen LogP contribution < -0.4 is 16.0 Å². The van der Waals surface area contributed by atoms with Crippen molar-refractivity contribution in [3.8, 4) is 0 Å². The van der Waals surface area contributed by atoms with Crippen molar-refractivity contribution in [2.24, 2.45) is 0 Å². The van der Waals surface area contributed by atoms with Gasteiger partial charge in [0, 0.05) is 18.4 Å². The lowest BCUT2D eigenvalue weighted by Crippen LogP contribution is -2.26. The zero-order valence-electron chi connectivity index (χ0n) is 11.0. The third kappa shape index (κ3) is 3.61. The standard InChI is InChI=1S/C14H15N3O3/c1-15-13(18)9-16-10-4-2-5-11(8-10)17-14(19)12-6-3-7-20-12/h2-8,16H,9H2,1H3,(H,15,18)(H,17,19). The number of anilines is 2. The van der Waals surface area contributed by atoms with E-state index in [-0.39, 0.29) is 24.1 Å². The number of nitrogens with one attached hydrogen (secondary N) is 3. The fourth-order valence-electron chi connectivity index (χ4n) is 1.58. The highest BCUT2D eigenvalue weighted by molar-refractivity contribution is 6.02. The van der Waals surface area contributed by atoms with Crippen molar-refractivity contribution in [3.05, 3.63) is 48.4 Å². The Hall–Kier alpha value is -2.76. The van der Waals surface area contributed by atoms with Crippen LogP contribution in [0.4, 0.5) is 11.4 Å². The van der Waals surface area contributed by atoms with Gasteiger partial charge in [0.05, 0.1) is 12.8 Å². The van der Waals surface area contributed by atoms with Crippen LogP contribution in [0.15, 0.2) is 47.1 Å². The molecule has 20 heavy (non-hydrogen) atoms. The van der Waals surface area contributed by atoms with Crippen molar-refractivity contribution in [1.82, 2.24) is 5.32 Å². The van der Waals surface area contributed by atoms with E-state index in [4.69, 9.17) is 4.42 Å². The van der Waals surface area contributed by atoms with Crippen molar-refractivity contribution in [1.29, 1.82) is 0 Å². The van der Waals surface area contributed by atoms with Crippen LogP contribution in [-0.2, 0) is 4.79 Å². The number of amides is 2. The molecule has 0 radical (unpaired) electrons. The highest BCUT2D eigenvalue weighted by atomic mass is 16.3. The topological polar surface area (TPSA) is 83.4 Å². The maximum Gasteiger partial charge on any atom is 0.291 e. The SMILES string of the molecule is CNC(=O)CNc1cccc(NC(=O)c2ccco2)c1. The molecular weight excluding hydrogens is 258 g/mol. The van der Waals surface area contributed by atoms with Gasteiger partial charge in [-0.2, -0.15) is 0 Å². The third-order valence-corrected chi connectivity index (χ3v) is 2.60. The van der Waals surface area contributed by atoms with Crippen molar-refractivity contribution in [2.75, 3.05) is 24.2 Å². The van der Waals surface area contributed by atoms with Gasteiger partial charge in [0.15, 0.2) is 5.76 Å². The van der Waals surface area contributed by atoms with Crippen molar-refractivity contribution in [3.63, 3.8) is 0 Å². The van der Waals surface area contributed by atoms with Crippen LogP contribution in [0.5, 0.6) is 0 Å². The molecule has 2 aromatic rings. The maximum atomic E-state index is 11.8. The highest BCUT2D eigenvalue weighted by Gasteiger charge is 2.08. The molecule has 0 saturated heterocycles. The first-order valence-electron chi connectivity index (χ1n) is 6.08. The first kappa shape index (κ1) is 13.7. The minimum Gasteiger partial charge on any atom is -0.459 e. The molecule has 0 spiro atoms. The predicted molar refractivity (Wildman–Crippen MR) is 75.7 cm³/mol. The third-order valence-electron chi connectivity index (χ3n) is 2.60. The number of furan rings is 1. The number of carbonyl (C=O) groups is 2. The molecule has 0 bridgehead atoms. The molecule has 6 heteroatoms. The van der Waals surface area contributed by atoms with Gasteiger partial charge in [-0.1, -0.05) is 6.07 Å². The summed E-state index contributed by atoms with van der Waals surface area (Å²) in [6, 6.07) is 10.3. The van der Waals surface area contributed by atoms with Crippen molar-refractivity contribution >= 4 is 23.2 Å². The number of hydrogen-bond acceptors (Lipinski definition) is 4. The summed E-state index contributed by atoms with van der Waals surface area (Å²) in [6.45, 7) is 0.173. The van der Waals surface area contributed by atoms with Gasteiger partial charge >= 0.3 is 0 Å². The molecule has 0 saturated carbocycles. The van der Waals surface area contributed by atoms with Crippen LogP contribution >= 0.6 is 0 Å². The van der Waals surface area contributed by atoms with E-state index < -0.39 is 0 Å². The normalized spacial score (nSPS) is 9.85. The minimum absolute atomic E-state index is 0.116. The smallest absolute Gasteiger partial charge is 0.291 e. The van der Waals surface area contributed by atoms with E-state index in [1.807, 2.05) is 6.07 Å². The lowest BCUT2D eigenvalue weighted by molar-refractivity contribution is -0.118. The molecule has 2 rings (SSSR count). The van der Waals surface area contributed by atoms with E-state index in [2.05, 4.69) is 16.0 Å².